The van der Waals surface area contributed by atoms with Crippen molar-refractivity contribution in [3.05, 3.63) is 35.9 Å². The minimum Gasteiger partial charge on any atom is -0.356 e. The lowest BCUT2D eigenvalue weighted by molar-refractivity contribution is -0.130. The van der Waals surface area contributed by atoms with E-state index in [1.54, 1.807) is 7.05 Å². The number of likely N-dealkylation sites (N-methyl/N-ethyl adjacent to an activating group) is 1. The van der Waals surface area contributed by atoms with Gasteiger partial charge in [0.25, 0.3) is 0 Å². The number of rotatable bonds is 9. The number of nitrogens with zero attached hydrogens (tertiary/aromatic N) is 3. The van der Waals surface area contributed by atoms with Crippen LogP contribution in [0.1, 0.15) is 44.6 Å². The van der Waals surface area contributed by atoms with Crippen LogP contribution in [0.3, 0.4) is 0 Å². The summed E-state index contributed by atoms with van der Waals surface area (Å²) in [5, 5.41) is 6.48. The first kappa shape index (κ1) is 25.7. The molecule has 0 saturated carbocycles. The summed E-state index contributed by atoms with van der Waals surface area (Å²) in [6.45, 7) is 8.06. The number of halogens is 1. The van der Waals surface area contributed by atoms with Gasteiger partial charge in [0.1, 0.15) is 0 Å². The molecular weight excluding hydrogens is 477 g/mol. The van der Waals surface area contributed by atoms with Gasteiger partial charge in [-0.1, -0.05) is 43.2 Å². The first-order valence-corrected chi connectivity index (χ1v) is 10.7. The van der Waals surface area contributed by atoms with Gasteiger partial charge in [0.2, 0.25) is 5.91 Å². The van der Waals surface area contributed by atoms with E-state index in [1.165, 1.54) is 38.8 Å². The van der Waals surface area contributed by atoms with Crippen molar-refractivity contribution < 1.29 is 4.79 Å². The van der Waals surface area contributed by atoms with Crippen LogP contribution in [0.4, 0.5) is 0 Å². The molecule has 2 rings (SSSR count). The molecule has 1 fully saturated rings. The second-order valence-electron chi connectivity index (χ2n) is 7.36. The number of aliphatic imine (C=N–C) groups is 1. The molecule has 164 valence electrons. The molecule has 0 radical (unpaired) electrons. The maximum Gasteiger partial charge on any atom is 0.242 e. The van der Waals surface area contributed by atoms with Crippen molar-refractivity contribution in [1.29, 1.82) is 0 Å². The third kappa shape index (κ3) is 10.3. The Morgan fingerprint density at radius 1 is 1.10 bits per heavy atom. The number of benzene rings is 1. The van der Waals surface area contributed by atoms with E-state index in [4.69, 9.17) is 0 Å². The lowest BCUT2D eigenvalue weighted by Crippen LogP contribution is -2.45. The average Bonchev–Trinajstić information content (AvgIpc) is 3.01. The third-order valence-corrected chi connectivity index (χ3v) is 5.22. The van der Waals surface area contributed by atoms with Crippen LogP contribution in [0.5, 0.6) is 0 Å². The molecule has 1 heterocycles. The van der Waals surface area contributed by atoms with Crippen molar-refractivity contribution in [3.63, 3.8) is 0 Å². The smallest absolute Gasteiger partial charge is 0.242 e. The van der Waals surface area contributed by atoms with Crippen LogP contribution < -0.4 is 10.6 Å². The summed E-state index contributed by atoms with van der Waals surface area (Å²) < 4.78 is 0. The van der Waals surface area contributed by atoms with Gasteiger partial charge in [-0.15, -0.1) is 24.0 Å². The molecule has 1 aromatic rings. The molecule has 6 nitrogen and oxygen atoms in total. The van der Waals surface area contributed by atoms with Gasteiger partial charge >= 0.3 is 0 Å². The molecule has 0 bridgehead atoms. The van der Waals surface area contributed by atoms with Crippen LogP contribution in [-0.4, -0.2) is 68.0 Å². The van der Waals surface area contributed by atoms with Gasteiger partial charge in [0, 0.05) is 26.7 Å². The highest BCUT2D eigenvalue weighted by Gasteiger charge is 2.13. The van der Waals surface area contributed by atoms with Gasteiger partial charge in [0.15, 0.2) is 5.96 Å². The summed E-state index contributed by atoms with van der Waals surface area (Å²) >= 11 is 0. The molecule has 0 aromatic heterocycles. The zero-order valence-electron chi connectivity index (χ0n) is 18.0. The largest absolute Gasteiger partial charge is 0.356 e. The molecular formula is C22H38IN5O. The first-order valence-electron chi connectivity index (χ1n) is 10.7. The SMILES string of the molecule is CCN(Cc1ccccc1)C(=O)CNC(=NC)NCCCN1CCCCCC1.I. The molecule has 0 unspecified atom stereocenters. The molecule has 29 heavy (non-hydrogen) atoms. The minimum atomic E-state index is 0. The summed E-state index contributed by atoms with van der Waals surface area (Å²) in [4.78, 5) is 21.2. The number of amides is 1. The minimum absolute atomic E-state index is 0. The Morgan fingerprint density at radius 2 is 1.79 bits per heavy atom. The number of hydrogen-bond acceptors (Lipinski definition) is 3. The van der Waals surface area contributed by atoms with Crippen LogP contribution in [0.25, 0.3) is 0 Å². The highest BCUT2D eigenvalue weighted by molar-refractivity contribution is 14.0. The number of carbonyl (C=O) groups excluding carboxylic acids is 1. The second-order valence-corrected chi connectivity index (χ2v) is 7.36. The van der Waals surface area contributed by atoms with E-state index in [-0.39, 0.29) is 36.4 Å². The van der Waals surface area contributed by atoms with Gasteiger partial charge in [-0.2, -0.15) is 0 Å². The quantitative estimate of drug-likeness (QED) is 0.230. The Balaban J connectivity index is 0.00000420. The van der Waals surface area contributed by atoms with E-state index in [1.807, 2.05) is 42.2 Å². The Labute approximate surface area is 193 Å². The van der Waals surface area contributed by atoms with E-state index in [0.29, 0.717) is 19.0 Å². The van der Waals surface area contributed by atoms with Crippen LogP contribution in [0, 0.1) is 0 Å². The summed E-state index contributed by atoms with van der Waals surface area (Å²) in [5.41, 5.74) is 1.15. The van der Waals surface area contributed by atoms with Crippen molar-refractivity contribution in [2.24, 2.45) is 4.99 Å². The fourth-order valence-corrected chi connectivity index (χ4v) is 3.54. The number of carbonyl (C=O) groups is 1. The molecule has 0 atom stereocenters. The van der Waals surface area contributed by atoms with Crippen molar-refractivity contribution in [2.75, 3.05) is 46.3 Å². The summed E-state index contributed by atoms with van der Waals surface area (Å²) in [7, 11) is 1.75. The van der Waals surface area contributed by atoms with Crippen molar-refractivity contribution in [3.8, 4) is 0 Å². The maximum atomic E-state index is 12.5. The Bertz CT molecular complexity index is 588. The van der Waals surface area contributed by atoms with Crippen LogP contribution in [-0.2, 0) is 11.3 Å². The summed E-state index contributed by atoms with van der Waals surface area (Å²) in [6, 6.07) is 10.1. The fraction of sp³-hybridized carbons (Fsp3) is 0.636. The van der Waals surface area contributed by atoms with Gasteiger partial charge in [-0.05, 0) is 51.4 Å². The average molecular weight is 515 g/mol. The van der Waals surface area contributed by atoms with E-state index in [9.17, 15) is 4.79 Å². The van der Waals surface area contributed by atoms with E-state index < -0.39 is 0 Å². The molecule has 1 saturated heterocycles. The third-order valence-electron chi connectivity index (χ3n) is 5.22. The topological polar surface area (TPSA) is 60.0 Å². The highest BCUT2D eigenvalue weighted by Crippen LogP contribution is 2.09. The van der Waals surface area contributed by atoms with E-state index >= 15 is 0 Å². The van der Waals surface area contributed by atoms with E-state index in [2.05, 4.69) is 20.5 Å². The summed E-state index contributed by atoms with van der Waals surface area (Å²) in [6.07, 6.45) is 6.49. The van der Waals surface area contributed by atoms with E-state index in [0.717, 1.165) is 25.1 Å². The lowest BCUT2D eigenvalue weighted by Gasteiger charge is -2.22. The number of likely N-dealkylation sites (tertiary alicyclic amines) is 1. The Kier molecular flexibility index (Phi) is 13.7. The number of hydrogen-bond donors (Lipinski definition) is 2. The molecule has 7 heteroatoms. The number of nitrogens with one attached hydrogen (secondary N) is 2. The Morgan fingerprint density at radius 3 is 2.41 bits per heavy atom. The molecule has 2 N–H and O–H groups in total. The second kappa shape index (κ2) is 15.5. The predicted molar refractivity (Wildman–Crippen MR) is 132 cm³/mol. The standard InChI is InChI=1S/C22H37N5O.HI/c1-3-27(19-20-12-7-6-8-13-20)21(28)18-25-22(23-2)24-14-11-17-26-15-9-4-5-10-16-26;/h6-8,12-13H,3-5,9-11,14-19H2,1-2H3,(H2,23,24,25);1H. The molecule has 0 spiro atoms. The molecule has 0 aliphatic carbocycles. The van der Waals surface area contributed by atoms with Crippen LogP contribution >= 0.6 is 24.0 Å². The van der Waals surface area contributed by atoms with Crippen molar-refractivity contribution >= 4 is 35.8 Å². The van der Waals surface area contributed by atoms with Gasteiger partial charge in [0.05, 0.1) is 6.54 Å². The predicted octanol–water partition coefficient (Wildman–Crippen LogP) is 3.08. The molecule has 1 aliphatic heterocycles. The monoisotopic (exact) mass is 515 g/mol. The number of guanidine groups is 1. The molecule has 1 aliphatic rings. The van der Waals surface area contributed by atoms with Gasteiger partial charge in [-0.25, -0.2) is 0 Å². The Hall–Kier alpha value is -1.35. The lowest BCUT2D eigenvalue weighted by atomic mass is 10.2. The van der Waals surface area contributed by atoms with Gasteiger partial charge in [-0.3, -0.25) is 9.79 Å². The van der Waals surface area contributed by atoms with Gasteiger partial charge < -0.3 is 20.4 Å². The zero-order valence-corrected chi connectivity index (χ0v) is 20.4. The maximum absolute atomic E-state index is 12.5. The van der Waals surface area contributed by atoms with Crippen molar-refractivity contribution in [2.45, 2.75) is 45.6 Å². The van der Waals surface area contributed by atoms with Crippen LogP contribution in [0.2, 0.25) is 0 Å². The highest BCUT2D eigenvalue weighted by atomic mass is 127. The fourth-order valence-electron chi connectivity index (χ4n) is 3.54. The normalized spacial score (nSPS) is 15.2. The summed E-state index contributed by atoms with van der Waals surface area (Å²) in [5.74, 6) is 0.777. The van der Waals surface area contributed by atoms with Crippen molar-refractivity contribution in [1.82, 2.24) is 20.4 Å². The molecule has 1 amide bonds. The molecule has 1 aromatic carbocycles. The zero-order chi connectivity index (χ0) is 20.0. The first-order chi connectivity index (χ1) is 13.7. The van der Waals surface area contributed by atoms with Crippen LogP contribution in [0.15, 0.2) is 35.3 Å².